The summed E-state index contributed by atoms with van der Waals surface area (Å²) >= 11 is 0. The van der Waals surface area contributed by atoms with Gasteiger partial charge in [0.2, 0.25) is 5.95 Å². The van der Waals surface area contributed by atoms with Crippen molar-refractivity contribution in [1.82, 2.24) is 9.97 Å². The molecule has 6 nitrogen and oxygen atoms in total. The van der Waals surface area contributed by atoms with E-state index in [1.807, 2.05) is 30.3 Å². The lowest BCUT2D eigenvalue weighted by Gasteiger charge is -2.14. The van der Waals surface area contributed by atoms with Crippen LogP contribution in [0.4, 0.5) is 11.6 Å². The fraction of sp³-hybridized carbons (Fsp3) is 0.0625. The number of aromatic nitrogens is 2. The second-order valence-electron chi connectivity index (χ2n) is 4.69. The first kappa shape index (κ1) is 13.8. The minimum atomic E-state index is 0.0200. The van der Waals surface area contributed by atoms with Crippen LogP contribution in [0.1, 0.15) is 5.56 Å². The smallest absolute Gasteiger partial charge is 0.227 e. The highest BCUT2D eigenvalue weighted by Crippen LogP contribution is 2.35. The Morgan fingerprint density at radius 2 is 1.91 bits per heavy atom. The van der Waals surface area contributed by atoms with Crippen molar-refractivity contribution in [2.75, 3.05) is 12.4 Å². The second kappa shape index (κ2) is 5.69. The molecule has 0 atom stereocenters. The minimum absolute atomic E-state index is 0.0200. The molecule has 0 bridgehead atoms. The number of nitrogens with zero attached hydrogens (tertiary/aromatic N) is 2. The summed E-state index contributed by atoms with van der Waals surface area (Å²) in [6, 6.07) is 11.2. The Kier molecular flexibility index (Phi) is 3.57. The number of hydrogen-bond acceptors (Lipinski definition) is 5. The normalized spacial score (nSPS) is 10.4. The molecule has 0 spiro atoms. The highest BCUT2D eigenvalue weighted by atomic mass is 16.5. The van der Waals surface area contributed by atoms with Gasteiger partial charge < -0.3 is 15.8 Å². The maximum absolute atomic E-state index is 7.60. The molecule has 0 aliphatic heterocycles. The van der Waals surface area contributed by atoms with Crippen LogP contribution < -0.4 is 15.8 Å². The molecule has 3 rings (SSSR count). The lowest BCUT2D eigenvalue weighted by molar-refractivity contribution is 0.417. The molecule has 0 radical (unpaired) electrons. The predicted octanol–water partition coefficient (Wildman–Crippen LogP) is 2.67. The number of anilines is 2. The average molecular weight is 293 g/mol. The number of fused-ring (bicyclic) bond motifs is 1. The number of rotatable bonds is 4. The predicted molar refractivity (Wildman–Crippen MR) is 86.8 cm³/mol. The first-order valence-electron chi connectivity index (χ1n) is 6.68. The standard InChI is InChI=1S/C16H15N5O/c1-22-13-6-5-10-3-4-11(15(17)18)9-12(10)14(13)21-16-19-7-2-8-20-16/h2-9H,1H3,(H3,17,18)(H,19,20,21). The van der Waals surface area contributed by atoms with E-state index in [2.05, 4.69) is 15.3 Å². The van der Waals surface area contributed by atoms with Crippen molar-refractivity contribution in [3.8, 4) is 5.75 Å². The van der Waals surface area contributed by atoms with Gasteiger partial charge in [0.15, 0.2) is 0 Å². The van der Waals surface area contributed by atoms with Gasteiger partial charge in [0.1, 0.15) is 11.6 Å². The van der Waals surface area contributed by atoms with Gasteiger partial charge in [-0.1, -0.05) is 18.2 Å². The Hall–Kier alpha value is -3.15. The molecule has 110 valence electrons. The van der Waals surface area contributed by atoms with Gasteiger partial charge in [0.05, 0.1) is 12.8 Å². The SMILES string of the molecule is COc1ccc2ccc(C(=N)N)cc2c1Nc1ncccn1. The van der Waals surface area contributed by atoms with E-state index >= 15 is 0 Å². The van der Waals surface area contributed by atoms with Crippen molar-refractivity contribution >= 4 is 28.2 Å². The Balaban J connectivity index is 2.19. The van der Waals surface area contributed by atoms with Crippen LogP contribution >= 0.6 is 0 Å². The molecule has 6 heteroatoms. The van der Waals surface area contributed by atoms with E-state index in [1.54, 1.807) is 25.6 Å². The molecule has 1 heterocycles. The van der Waals surface area contributed by atoms with Crippen LogP contribution in [0.25, 0.3) is 10.8 Å². The number of nitrogens with two attached hydrogens (primary N) is 1. The van der Waals surface area contributed by atoms with Gasteiger partial charge in [-0.2, -0.15) is 0 Å². The third-order valence-electron chi connectivity index (χ3n) is 3.32. The lowest BCUT2D eigenvalue weighted by atomic mass is 10.0. The summed E-state index contributed by atoms with van der Waals surface area (Å²) in [6.45, 7) is 0. The average Bonchev–Trinajstić information content (AvgIpc) is 2.55. The number of amidine groups is 1. The van der Waals surface area contributed by atoms with Crippen molar-refractivity contribution in [3.05, 3.63) is 54.4 Å². The van der Waals surface area contributed by atoms with Gasteiger partial charge in [0, 0.05) is 23.3 Å². The molecule has 22 heavy (non-hydrogen) atoms. The summed E-state index contributed by atoms with van der Waals surface area (Å²) in [5.74, 6) is 1.16. The van der Waals surface area contributed by atoms with Gasteiger partial charge in [-0.3, -0.25) is 5.41 Å². The van der Waals surface area contributed by atoms with E-state index in [-0.39, 0.29) is 5.84 Å². The second-order valence-corrected chi connectivity index (χ2v) is 4.69. The molecule has 0 fully saturated rings. The number of nitrogens with one attached hydrogen (secondary N) is 2. The quantitative estimate of drug-likeness (QED) is 0.507. The maximum Gasteiger partial charge on any atom is 0.227 e. The zero-order valence-electron chi connectivity index (χ0n) is 12.0. The Morgan fingerprint density at radius 3 is 2.59 bits per heavy atom. The first-order valence-corrected chi connectivity index (χ1v) is 6.68. The van der Waals surface area contributed by atoms with Gasteiger partial charge >= 0.3 is 0 Å². The largest absolute Gasteiger partial charge is 0.495 e. The molecule has 0 aliphatic carbocycles. The summed E-state index contributed by atoms with van der Waals surface area (Å²) in [5.41, 5.74) is 6.98. The van der Waals surface area contributed by atoms with Gasteiger partial charge in [-0.05, 0) is 23.6 Å². The monoisotopic (exact) mass is 293 g/mol. The molecular formula is C16H15N5O. The summed E-state index contributed by atoms with van der Waals surface area (Å²) in [6.07, 6.45) is 3.32. The van der Waals surface area contributed by atoms with Crippen molar-refractivity contribution in [2.45, 2.75) is 0 Å². The molecular weight excluding hydrogens is 278 g/mol. The van der Waals surface area contributed by atoms with Gasteiger partial charge in [0.25, 0.3) is 0 Å². The van der Waals surface area contributed by atoms with Crippen LogP contribution in [0.15, 0.2) is 48.8 Å². The molecule has 0 saturated carbocycles. The highest BCUT2D eigenvalue weighted by Gasteiger charge is 2.11. The number of ether oxygens (including phenoxy) is 1. The van der Waals surface area contributed by atoms with E-state index in [4.69, 9.17) is 15.9 Å². The molecule has 0 saturated heterocycles. The van der Waals surface area contributed by atoms with Crippen LogP contribution in [0.5, 0.6) is 5.75 Å². The van der Waals surface area contributed by atoms with Crippen molar-refractivity contribution in [1.29, 1.82) is 5.41 Å². The zero-order valence-corrected chi connectivity index (χ0v) is 12.0. The lowest BCUT2D eigenvalue weighted by Crippen LogP contribution is -2.10. The molecule has 4 N–H and O–H groups in total. The minimum Gasteiger partial charge on any atom is -0.495 e. The van der Waals surface area contributed by atoms with Crippen molar-refractivity contribution in [3.63, 3.8) is 0 Å². The highest BCUT2D eigenvalue weighted by molar-refractivity contribution is 6.04. The molecule has 3 aromatic rings. The molecule has 0 unspecified atom stereocenters. The number of benzene rings is 2. The summed E-state index contributed by atoms with van der Waals surface area (Å²) in [5, 5.41) is 12.7. The Morgan fingerprint density at radius 1 is 1.18 bits per heavy atom. The van der Waals surface area contributed by atoms with Crippen molar-refractivity contribution < 1.29 is 4.74 Å². The van der Waals surface area contributed by atoms with Crippen LogP contribution in [0.2, 0.25) is 0 Å². The maximum atomic E-state index is 7.60. The van der Waals surface area contributed by atoms with E-state index in [1.165, 1.54) is 0 Å². The Labute approximate surface area is 127 Å². The summed E-state index contributed by atoms with van der Waals surface area (Å²) in [4.78, 5) is 8.34. The number of nitrogen functional groups attached to an aromatic ring is 1. The van der Waals surface area contributed by atoms with Crippen molar-refractivity contribution in [2.24, 2.45) is 5.73 Å². The van der Waals surface area contributed by atoms with Crippen LogP contribution in [0.3, 0.4) is 0 Å². The molecule has 1 aromatic heterocycles. The fourth-order valence-corrected chi connectivity index (χ4v) is 2.24. The third kappa shape index (κ3) is 2.54. The summed E-state index contributed by atoms with van der Waals surface area (Å²) < 4.78 is 5.42. The van der Waals surface area contributed by atoms with E-state index in [0.717, 1.165) is 16.5 Å². The fourth-order valence-electron chi connectivity index (χ4n) is 2.24. The van der Waals surface area contributed by atoms with Gasteiger partial charge in [-0.15, -0.1) is 0 Å². The number of hydrogen-bond donors (Lipinski definition) is 3. The number of methoxy groups -OCH3 is 1. The van der Waals surface area contributed by atoms with Crippen LogP contribution in [-0.4, -0.2) is 22.9 Å². The molecule has 2 aromatic carbocycles. The Bertz CT molecular complexity index is 833. The zero-order chi connectivity index (χ0) is 15.5. The van der Waals surface area contributed by atoms with E-state index in [0.29, 0.717) is 17.3 Å². The van der Waals surface area contributed by atoms with Crippen LogP contribution in [0, 0.1) is 5.41 Å². The van der Waals surface area contributed by atoms with E-state index < -0.39 is 0 Å². The summed E-state index contributed by atoms with van der Waals surface area (Å²) in [7, 11) is 1.60. The first-order chi connectivity index (χ1) is 10.7. The van der Waals surface area contributed by atoms with Crippen LogP contribution in [-0.2, 0) is 0 Å². The van der Waals surface area contributed by atoms with E-state index in [9.17, 15) is 0 Å². The molecule has 0 amide bonds. The molecule has 0 aliphatic rings. The topological polar surface area (TPSA) is 96.9 Å². The van der Waals surface area contributed by atoms with Gasteiger partial charge in [-0.25, -0.2) is 9.97 Å². The third-order valence-corrected chi connectivity index (χ3v) is 3.32.